The summed E-state index contributed by atoms with van der Waals surface area (Å²) in [4.78, 5) is 12.0. The molecule has 1 heterocycles. The number of urea groups is 1. The minimum Gasteiger partial charge on any atom is -0.494 e. The minimum atomic E-state index is -0.453. The summed E-state index contributed by atoms with van der Waals surface area (Å²) in [6.07, 6.45) is 3.52. The van der Waals surface area contributed by atoms with Gasteiger partial charge in [-0.15, -0.1) is 0 Å². The Morgan fingerprint density at radius 2 is 2.17 bits per heavy atom. The van der Waals surface area contributed by atoms with Gasteiger partial charge in [-0.1, -0.05) is 6.07 Å². The summed E-state index contributed by atoms with van der Waals surface area (Å²) in [6, 6.07) is 5.72. The van der Waals surface area contributed by atoms with Gasteiger partial charge in [-0.05, 0) is 37.6 Å². The number of benzene rings is 1. The van der Waals surface area contributed by atoms with Crippen LogP contribution in [-0.4, -0.2) is 29.0 Å². The molecule has 0 bridgehead atoms. The van der Waals surface area contributed by atoms with Crippen LogP contribution in [0.4, 0.5) is 9.18 Å². The van der Waals surface area contributed by atoms with E-state index in [1.54, 1.807) is 29.9 Å². The van der Waals surface area contributed by atoms with Crippen molar-refractivity contribution in [1.82, 2.24) is 20.4 Å². The first-order chi connectivity index (χ1) is 11.0. The zero-order valence-corrected chi connectivity index (χ0v) is 13.4. The van der Waals surface area contributed by atoms with Crippen LogP contribution in [0.25, 0.3) is 0 Å². The fourth-order valence-electron chi connectivity index (χ4n) is 2.23. The van der Waals surface area contributed by atoms with Crippen LogP contribution < -0.4 is 15.4 Å². The van der Waals surface area contributed by atoms with E-state index in [9.17, 15) is 9.18 Å². The highest BCUT2D eigenvalue weighted by molar-refractivity contribution is 5.74. The van der Waals surface area contributed by atoms with E-state index in [1.807, 2.05) is 19.2 Å². The van der Waals surface area contributed by atoms with E-state index in [2.05, 4.69) is 15.7 Å². The molecular weight excluding hydrogens is 299 g/mol. The van der Waals surface area contributed by atoms with Crippen molar-refractivity contribution in [2.24, 2.45) is 0 Å². The topological polar surface area (TPSA) is 68.2 Å². The van der Waals surface area contributed by atoms with E-state index in [4.69, 9.17) is 4.74 Å². The number of carbonyl (C=O) groups is 1. The molecular formula is C16H21FN4O2. The average molecular weight is 320 g/mol. The predicted molar refractivity (Wildman–Crippen MR) is 84.7 cm³/mol. The van der Waals surface area contributed by atoms with Crippen molar-refractivity contribution in [3.05, 3.63) is 48.0 Å². The van der Waals surface area contributed by atoms with Gasteiger partial charge in [0.1, 0.15) is 0 Å². The van der Waals surface area contributed by atoms with Gasteiger partial charge < -0.3 is 15.4 Å². The van der Waals surface area contributed by atoms with Crippen molar-refractivity contribution in [2.45, 2.75) is 32.5 Å². The predicted octanol–water partition coefficient (Wildman–Crippen LogP) is 2.48. The third-order valence-electron chi connectivity index (χ3n) is 3.42. The molecule has 0 spiro atoms. The number of carbonyl (C=O) groups excluding carboxylic acids is 1. The van der Waals surface area contributed by atoms with Gasteiger partial charge in [0.25, 0.3) is 0 Å². The molecule has 0 saturated carbocycles. The zero-order chi connectivity index (χ0) is 16.8. The van der Waals surface area contributed by atoms with Crippen molar-refractivity contribution >= 4 is 6.03 Å². The Bertz CT molecular complexity index is 646. The van der Waals surface area contributed by atoms with Crippen LogP contribution in [0.5, 0.6) is 5.75 Å². The number of hydrogen-bond acceptors (Lipinski definition) is 3. The largest absolute Gasteiger partial charge is 0.494 e. The number of aromatic nitrogens is 2. The highest BCUT2D eigenvalue weighted by atomic mass is 19.1. The summed E-state index contributed by atoms with van der Waals surface area (Å²) in [5, 5.41) is 9.70. The summed E-state index contributed by atoms with van der Waals surface area (Å²) in [7, 11) is 1.41. The van der Waals surface area contributed by atoms with Crippen molar-refractivity contribution < 1.29 is 13.9 Å². The van der Waals surface area contributed by atoms with E-state index >= 15 is 0 Å². The summed E-state index contributed by atoms with van der Waals surface area (Å²) in [5.41, 5.74) is 0.665. The summed E-state index contributed by atoms with van der Waals surface area (Å²) in [5.74, 6) is -0.274. The highest BCUT2D eigenvalue weighted by Gasteiger charge is 2.14. The van der Waals surface area contributed by atoms with Gasteiger partial charge in [0.2, 0.25) is 0 Å². The van der Waals surface area contributed by atoms with Crippen molar-refractivity contribution in [3.8, 4) is 5.75 Å². The molecule has 0 radical (unpaired) electrons. The third kappa shape index (κ3) is 4.70. The number of hydrogen-bond donors (Lipinski definition) is 2. The Labute approximate surface area is 134 Å². The Morgan fingerprint density at radius 3 is 2.78 bits per heavy atom. The number of halogens is 1. The molecule has 1 aromatic heterocycles. The molecule has 2 rings (SSSR count). The number of rotatable bonds is 6. The van der Waals surface area contributed by atoms with Crippen LogP contribution in [0.3, 0.4) is 0 Å². The molecule has 124 valence electrons. The lowest BCUT2D eigenvalue weighted by Gasteiger charge is -2.19. The van der Waals surface area contributed by atoms with E-state index in [0.29, 0.717) is 12.1 Å². The van der Waals surface area contributed by atoms with Crippen LogP contribution in [-0.2, 0) is 6.54 Å². The molecule has 0 aliphatic rings. The fourth-order valence-corrected chi connectivity index (χ4v) is 2.23. The maximum atomic E-state index is 13.7. The Hall–Kier alpha value is -2.57. The normalized spacial score (nSPS) is 13.2. The maximum Gasteiger partial charge on any atom is 0.315 e. The van der Waals surface area contributed by atoms with Crippen LogP contribution in [0.2, 0.25) is 0 Å². The second-order valence-electron chi connectivity index (χ2n) is 5.36. The monoisotopic (exact) mass is 320 g/mol. The Balaban J connectivity index is 1.87. The summed E-state index contributed by atoms with van der Waals surface area (Å²) in [6.45, 7) is 4.25. The average Bonchev–Trinajstić information content (AvgIpc) is 2.99. The SMILES string of the molecule is COc1ccc([C@@H](C)NC(=O)N[C@H](C)Cn2cccn2)cc1F. The lowest BCUT2D eigenvalue weighted by molar-refractivity contribution is 0.233. The van der Waals surface area contributed by atoms with Crippen molar-refractivity contribution in [1.29, 1.82) is 0 Å². The first-order valence-corrected chi connectivity index (χ1v) is 7.37. The molecule has 2 aromatic rings. The first-order valence-electron chi connectivity index (χ1n) is 7.37. The number of amides is 2. The number of nitrogens with one attached hydrogen (secondary N) is 2. The number of ether oxygens (including phenoxy) is 1. The lowest BCUT2D eigenvalue weighted by Crippen LogP contribution is -2.43. The molecule has 0 aliphatic carbocycles. The smallest absolute Gasteiger partial charge is 0.315 e. The Morgan fingerprint density at radius 1 is 1.39 bits per heavy atom. The molecule has 0 unspecified atom stereocenters. The fraction of sp³-hybridized carbons (Fsp3) is 0.375. The molecule has 0 fully saturated rings. The molecule has 2 amide bonds. The van der Waals surface area contributed by atoms with Crippen LogP contribution >= 0.6 is 0 Å². The maximum absolute atomic E-state index is 13.7. The number of methoxy groups -OCH3 is 1. The molecule has 7 heteroatoms. The zero-order valence-electron chi connectivity index (χ0n) is 13.4. The van der Waals surface area contributed by atoms with Crippen molar-refractivity contribution in [2.75, 3.05) is 7.11 Å². The van der Waals surface area contributed by atoms with Gasteiger partial charge in [0.05, 0.1) is 19.7 Å². The first kappa shape index (κ1) is 16.8. The third-order valence-corrected chi connectivity index (χ3v) is 3.42. The van der Waals surface area contributed by atoms with Gasteiger partial charge in [-0.2, -0.15) is 5.10 Å². The van der Waals surface area contributed by atoms with Gasteiger partial charge >= 0.3 is 6.03 Å². The van der Waals surface area contributed by atoms with E-state index in [0.717, 1.165) is 0 Å². The molecule has 2 N–H and O–H groups in total. The van der Waals surface area contributed by atoms with E-state index < -0.39 is 5.82 Å². The second-order valence-corrected chi connectivity index (χ2v) is 5.36. The molecule has 0 saturated heterocycles. The van der Waals surface area contributed by atoms with Crippen LogP contribution in [0, 0.1) is 5.82 Å². The minimum absolute atomic E-state index is 0.0882. The van der Waals surface area contributed by atoms with E-state index in [1.165, 1.54) is 13.2 Å². The summed E-state index contributed by atoms with van der Waals surface area (Å²) >= 11 is 0. The molecule has 6 nitrogen and oxygen atoms in total. The lowest BCUT2D eigenvalue weighted by atomic mass is 10.1. The molecule has 1 aromatic carbocycles. The molecule has 0 aliphatic heterocycles. The quantitative estimate of drug-likeness (QED) is 0.859. The summed E-state index contributed by atoms with van der Waals surface area (Å²) < 4.78 is 20.3. The van der Waals surface area contributed by atoms with Gasteiger partial charge in [-0.25, -0.2) is 9.18 Å². The number of nitrogens with zero attached hydrogens (tertiary/aromatic N) is 2. The van der Waals surface area contributed by atoms with Crippen LogP contribution in [0.15, 0.2) is 36.7 Å². The molecule has 2 atom stereocenters. The highest BCUT2D eigenvalue weighted by Crippen LogP contribution is 2.21. The Kier molecular flexibility index (Phi) is 5.56. The van der Waals surface area contributed by atoms with Gasteiger partial charge in [0.15, 0.2) is 11.6 Å². The second kappa shape index (κ2) is 7.62. The van der Waals surface area contributed by atoms with Crippen molar-refractivity contribution in [3.63, 3.8) is 0 Å². The van der Waals surface area contributed by atoms with Gasteiger partial charge in [0, 0.05) is 18.4 Å². The van der Waals surface area contributed by atoms with Crippen LogP contribution in [0.1, 0.15) is 25.5 Å². The van der Waals surface area contributed by atoms with Gasteiger partial charge in [-0.3, -0.25) is 4.68 Å². The standard InChI is InChI=1S/C16H21FN4O2/c1-11(10-21-8-4-7-18-21)19-16(22)20-12(2)13-5-6-15(23-3)14(17)9-13/h4-9,11-12H,10H2,1-3H3,(H2,19,20,22)/t11-,12-/m1/s1. The molecule has 23 heavy (non-hydrogen) atoms. The van der Waals surface area contributed by atoms with E-state index in [-0.39, 0.29) is 23.9 Å².